The van der Waals surface area contributed by atoms with Gasteiger partial charge in [0.05, 0.1) is 12.8 Å². The molecule has 1 unspecified atom stereocenters. The molecule has 0 aliphatic rings. The predicted molar refractivity (Wildman–Crippen MR) is 92.8 cm³/mol. The maximum Gasteiger partial charge on any atom is 0.407 e. The molecule has 2 aromatic heterocycles. The van der Waals surface area contributed by atoms with Crippen molar-refractivity contribution in [3.63, 3.8) is 0 Å². The first-order valence-electron chi connectivity index (χ1n) is 7.51. The van der Waals surface area contributed by atoms with Crippen LogP contribution in [0.25, 0.3) is 11.3 Å². The SMILES string of the molecule is COC(=O)NC(CC(C)C)C(=O)Nc1nc(-c2cccnc2)cs1. The molecule has 0 fully saturated rings. The van der Waals surface area contributed by atoms with Crippen LogP contribution < -0.4 is 10.6 Å². The maximum absolute atomic E-state index is 12.4. The number of carbonyl (C=O) groups excluding carboxylic acids is 2. The molecule has 0 aliphatic carbocycles. The molecule has 2 amide bonds. The zero-order chi connectivity index (χ0) is 17.5. The maximum atomic E-state index is 12.4. The average molecular weight is 348 g/mol. The number of rotatable bonds is 6. The molecule has 0 spiro atoms. The molecule has 0 saturated heterocycles. The van der Waals surface area contributed by atoms with Gasteiger partial charge in [0.25, 0.3) is 0 Å². The Morgan fingerprint density at radius 1 is 1.38 bits per heavy atom. The summed E-state index contributed by atoms with van der Waals surface area (Å²) in [6.45, 7) is 3.95. The van der Waals surface area contributed by atoms with Gasteiger partial charge >= 0.3 is 6.09 Å². The van der Waals surface area contributed by atoms with Crippen molar-refractivity contribution in [3.8, 4) is 11.3 Å². The van der Waals surface area contributed by atoms with Gasteiger partial charge in [-0.05, 0) is 24.5 Å². The smallest absolute Gasteiger partial charge is 0.407 e. The fourth-order valence-electron chi connectivity index (χ4n) is 2.07. The standard InChI is InChI=1S/C16H20N4O3S/c1-10(2)7-12(19-16(22)23-3)14(21)20-15-18-13(9-24-15)11-5-4-6-17-8-11/h4-6,8-10,12H,7H2,1-3H3,(H,19,22)(H,18,20,21). The molecule has 2 aromatic rings. The number of amides is 2. The van der Waals surface area contributed by atoms with Gasteiger partial charge in [-0.2, -0.15) is 0 Å². The molecular weight excluding hydrogens is 328 g/mol. The molecule has 1 atom stereocenters. The number of pyridine rings is 1. The van der Waals surface area contributed by atoms with Crippen LogP contribution in [0.2, 0.25) is 0 Å². The van der Waals surface area contributed by atoms with Crippen LogP contribution >= 0.6 is 11.3 Å². The van der Waals surface area contributed by atoms with Crippen molar-refractivity contribution in [2.24, 2.45) is 5.92 Å². The Morgan fingerprint density at radius 2 is 2.17 bits per heavy atom. The summed E-state index contributed by atoms with van der Waals surface area (Å²) in [6, 6.07) is 3.04. The fraction of sp³-hybridized carbons (Fsp3) is 0.375. The minimum atomic E-state index is -0.678. The summed E-state index contributed by atoms with van der Waals surface area (Å²) in [5.74, 6) is -0.0821. The van der Waals surface area contributed by atoms with Gasteiger partial charge in [-0.1, -0.05) is 13.8 Å². The highest BCUT2D eigenvalue weighted by Gasteiger charge is 2.23. The van der Waals surface area contributed by atoms with E-state index in [0.717, 1.165) is 11.3 Å². The molecule has 128 valence electrons. The lowest BCUT2D eigenvalue weighted by atomic mass is 10.0. The van der Waals surface area contributed by atoms with E-state index in [4.69, 9.17) is 0 Å². The molecule has 0 aliphatic heterocycles. The van der Waals surface area contributed by atoms with Crippen molar-refractivity contribution in [1.82, 2.24) is 15.3 Å². The highest BCUT2D eigenvalue weighted by Crippen LogP contribution is 2.24. The third-order valence-electron chi connectivity index (χ3n) is 3.19. The van der Waals surface area contributed by atoms with Crippen molar-refractivity contribution in [1.29, 1.82) is 0 Å². The van der Waals surface area contributed by atoms with Gasteiger partial charge in [-0.15, -0.1) is 11.3 Å². The first-order valence-corrected chi connectivity index (χ1v) is 8.38. The van der Waals surface area contributed by atoms with Crippen LogP contribution in [0.15, 0.2) is 29.9 Å². The van der Waals surface area contributed by atoms with E-state index < -0.39 is 12.1 Å². The van der Waals surface area contributed by atoms with E-state index in [1.54, 1.807) is 12.4 Å². The van der Waals surface area contributed by atoms with Crippen LogP contribution in [0.1, 0.15) is 20.3 Å². The minimum Gasteiger partial charge on any atom is -0.453 e. The normalized spacial score (nSPS) is 11.8. The first kappa shape index (κ1) is 17.9. The number of anilines is 1. The molecule has 2 rings (SSSR count). The van der Waals surface area contributed by atoms with E-state index in [1.165, 1.54) is 18.4 Å². The van der Waals surface area contributed by atoms with Crippen molar-refractivity contribution in [3.05, 3.63) is 29.9 Å². The highest BCUT2D eigenvalue weighted by atomic mass is 32.1. The fourth-order valence-corrected chi connectivity index (χ4v) is 2.80. The lowest BCUT2D eigenvalue weighted by Crippen LogP contribution is -2.44. The Morgan fingerprint density at radius 3 is 2.79 bits per heavy atom. The zero-order valence-electron chi connectivity index (χ0n) is 13.8. The summed E-state index contributed by atoms with van der Waals surface area (Å²) in [5, 5.41) is 7.61. The third kappa shape index (κ3) is 5.02. The van der Waals surface area contributed by atoms with E-state index in [-0.39, 0.29) is 11.8 Å². The molecule has 0 radical (unpaired) electrons. The molecule has 2 N–H and O–H groups in total. The number of alkyl carbamates (subject to hydrolysis) is 1. The van der Waals surface area contributed by atoms with Crippen LogP contribution in [0.4, 0.5) is 9.93 Å². The number of thiazole rings is 1. The van der Waals surface area contributed by atoms with Gasteiger partial charge in [0.15, 0.2) is 5.13 Å². The average Bonchev–Trinajstić information content (AvgIpc) is 3.03. The Bertz CT molecular complexity index is 688. The van der Waals surface area contributed by atoms with Gasteiger partial charge in [0, 0.05) is 23.3 Å². The Hall–Kier alpha value is -2.48. The monoisotopic (exact) mass is 348 g/mol. The molecule has 7 nitrogen and oxygen atoms in total. The van der Waals surface area contributed by atoms with E-state index in [2.05, 4.69) is 25.3 Å². The summed E-state index contributed by atoms with van der Waals surface area (Å²) >= 11 is 1.32. The predicted octanol–water partition coefficient (Wildman–Crippen LogP) is 2.91. The summed E-state index contributed by atoms with van der Waals surface area (Å²) in [5.41, 5.74) is 1.62. The summed E-state index contributed by atoms with van der Waals surface area (Å²) in [6.07, 6.45) is 3.27. The lowest BCUT2D eigenvalue weighted by molar-refractivity contribution is -0.118. The Labute approximate surface area is 144 Å². The van der Waals surface area contributed by atoms with Gasteiger partial charge < -0.3 is 15.4 Å². The van der Waals surface area contributed by atoms with Crippen LogP contribution in [0, 0.1) is 5.92 Å². The number of methoxy groups -OCH3 is 1. The quantitative estimate of drug-likeness (QED) is 0.837. The molecule has 24 heavy (non-hydrogen) atoms. The molecule has 8 heteroatoms. The zero-order valence-corrected chi connectivity index (χ0v) is 14.6. The second kappa shape index (κ2) is 8.39. The van der Waals surface area contributed by atoms with Crippen LogP contribution in [0.3, 0.4) is 0 Å². The van der Waals surface area contributed by atoms with Gasteiger partial charge in [-0.3, -0.25) is 9.78 Å². The first-order chi connectivity index (χ1) is 11.5. The van der Waals surface area contributed by atoms with Crippen LogP contribution in [0.5, 0.6) is 0 Å². The molecule has 0 aromatic carbocycles. The van der Waals surface area contributed by atoms with Gasteiger partial charge in [0.2, 0.25) is 5.91 Å². The van der Waals surface area contributed by atoms with Crippen molar-refractivity contribution < 1.29 is 14.3 Å². The minimum absolute atomic E-state index is 0.236. The van der Waals surface area contributed by atoms with Crippen LogP contribution in [-0.4, -0.2) is 35.1 Å². The summed E-state index contributed by atoms with van der Waals surface area (Å²) in [4.78, 5) is 32.3. The molecular formula is C16H20N4O3S. The summed E-state index contributed by atoms with van der Waals surface area (Å²) in [7, 11) is 1.26. The highest BCUT2D eigenvalue weighted by molar-refractivity contribution is 7.14. The van der Waals surface area contributed by atoms with E-state index in [9.17, 15) is 9.59 Å². The second-order valence-corrected chi connectivity index (χ2v) is 6.45. The molecule has 2 heterocycles. The number of hydrogen-bond acceptors (Lipinski definition) is 6. The number of ether oxygens (including phenoxy) is 1. The van der Waals surface area contributed by atoms with E-state index in [1.807, 2.05) is 31.4 Å². The number of aromatic nitrogens is 2. The van der Waals surface area contributed by atoms with Crippen molar-refractivity contribution in [2.75, 3.05) is 12.4 Å². The van der Waals surface area contributed by atoms with Gasteiger partial charge in [0.1, 0.15) is 6.04 Å². The molecule has 0 bridgehead atoms. The largest absolute Gasteiger partial charge is 0.453 e. The Balaban J connectivity index is 2.06. The van der Waals surface area contributed by atoms with E-state index in [0.29, 0.717) is 11.6 Å². The number of nitrogens with zero attached hydrogens (tertiary/aromatic N) is 2. The Kier molecular flexibility index (Phi) is 6.25. The topological polar surface area (TPSA) is 93.2 Å². The third-order valence-corrected chi connectivity index (χ3v) is 3.95. The summed E-state index contributed by atoms with van der Waals surface area (Å²) < 4.78 is 4.57. The van der Waals surface area contributed by atoms with Crippen molar-refractivity contribution in [2.45, 2.75) is 26.3 Å². The van der Waals surface area contributed by atoms with Gasteiger partial charge in [-0.25, -0.2) is 9.78 Å². The van der Waals surface area contributed by atoms with Crippen molar-refractivity contribution >= 4 is 28.5 Å². The van der Waals surface area contributed by atoms with Crippen LogP contribution in [-0.2, 0) is 9.53 Å². The lowest BCUT2D eigenvalue weighted by Gasteiger charge is -2.18. The number of nitrogens with one attached hydrogen (secondary N) is 2. The second-order valence-electron chi connectivity index (χ2n) is 5.59. The number of carbonyl (C=O) groups is 2. The number of hydrogen-bond donors (Lipinski definition) is 2. The molecule has 0 saturated carbocycles. The van der Waals surface area contributed by atoms with E-state index >= 15 is 0 Å².